The van der Waals surface area contributed by atoms with Gasteiger partial charge in [-0.25, -0.2) is 0 Å². The molecule has 0 aromatic carbocycles. The number of rotatable bonds is 2. The molecule has 3 nitrogen and oxygen atoms in total. The van der Waals surface area contributed by atoms with Crippen molar-refractivity contribution in [1.29, 1.82) is 0 Å². The van der Waals surface area contributed by atoms with Crippen LogP contribution in [0.1, 0.15) is 25.3 Å². The summed E-state index contributed by atoms with van der Waals surface area (Å²) >= 11 is 0. The summed E-state index contributed by atoms with van der Waals surface area (Å²) in [5, 5.41) is 13.2. The van der Waals surface area contributed by atoms with Gasteiger partial charge in [0.2, 0.25) is 0 Å². The minimum absolute atomic E-state index is 0.532. The predicted molar refractivity (Wildman–Crippen MR) is 41.2 cm³/mol. The van der Waals surface area contributed by atoms with Gasteiger partial charge in [-0.15, -0.1) is 0 Å². The monoisotopic (exact) mass is 155 g/mol. The molecule has 3 heteroatoms. The first kappa shape index (κ1) is 8.27. The van der Waals surface area contributed by atoms with Gasteiger partial charge in [-0.3, -0.25) is 0 Å². The van der Waals surface area contributed by atoms with E-state index in [9.17, 15) is 5.11 Å². The van der Waals surface area contributed by atoms with Crippen LogP contribution in [0.5, 0.6) is 0 Å². The molecule has 0 fully saturated rings. The second-order valence-electron chi connectivity index (χ2n) is 3.42. The Kier molecular flexibility index (Phi) is 2.00. The summed E-state index contributed by atoms with van der Waals surface area (Å²) in [5.74, 6) is 0.782. The second-order valence-corrected chi connectivity index (χ2v) is 3.42. The Morgan fingerprint density at radius 2 is 2.27 bits per heavy atom. The van der Waals surface area contributed by atoms with E-state index in [0.29, 0.717) is 6.42 Å². The van der Waals surface area contributed by atoms with Crippen LogP contribution >= 0.6 is 0 Å². The maximum Gasteiger partial charge on any atom is 0.133 e. The zero-order valence-corrected chi connectivity index (χ0v) is 7.09. The standard InChI is InChI=1S/C8H13NO2/c1-6-4-7(9-11-6)5-8(2,3)10/h4,10H,5H2,1-3H3. The normalized spacial score (nSPS) is 12.0. The van der Waals surface area contributed by atoms with Crippen molar-refractivity contribution in [3.63, 3.8) is 0 Å². The average molecular weight is 155 g/mol. The van der Waals surface area contributed by atoms with Gasteiger partial charge in [-0.1, -0.05) is 5.16 Å². The van der Waals surface area contributed by atoms with Gasteiger partial charge in [0.05, 0.1) is 11.3 Å². The highest BCUT2D eigenvalue weighted by atomic mass is 16.5. The fourth-order valence-corrected chi connectivity index (χ4v) is 0.945. The Balaban J connectivity index is 2.65. The lowest BCUT2D eigenvalue weighted by molar-refractivity contribution is 0.0790. The van der Waals surface area contributed by atoms with Crippen LogP contribution < -0.4 is 0 Å². The number of hydrogen-bond donors (Lipinski definition) is 1. The van der Waals surface area contributed by atoms with Crippen molar-refractivity contribution in [2.75, 3.05) is 0 Å². The summed E-state index contributed by atoms with van der Waals surface area (Å²) < 4.78 is 4.85. The Morgan fingerprint density at radius 1 is 1.64 bits per heavy atom. The summed E-state index contributed by atoms with van der Waals surface area (Å²) in [5.41, 5.74) is 0.0959. The Bertz CT molecular complexity index is 234. The third-order valence-corrected chi connectivity index (χ3v) is 1.29. The molecule has 1 rings (SSSR count). The number of hydrogen-bond acceptors (Lipinski definition) is 3. The first-order chi connectivity index (χ1) is 4.97. The molecule has 62 valence electrons. The molecule has 0 amide bonds. The van der Waals surface area contributed by atoms with E-state index < -0.39 is 5.60 Å². The largest absolute Gasteiger partial charge is 0.390 e. The molecule has 1 heterocycles. The van der Waals surface area contributed by atoms with Crippen molar-refractivity contribution in [1.82, 2.24) is 5.16 Å². The van der Waals surface area contributed by atoms with Crippen LogP contribution in [0, 0.1) is 6.92 Å². The lowest BCUT2D eigenvalue weighted by Gasteiger charge is -2.13. The van der Waals surface area contributed by atoms with Gasteiger partial charge in [0.1, 0.15) is 5.76 Å². The quantitative estimate of drug-likeness (QED) is 0.700. The molecule has 1 N–H and O–H groups in total. The molecule has 0 radical (unpaired) electrons. The molecule has 0 aliphatic carbocycles. The highest BCUT2D eigenvalue weighted by molar-refractivity contribution is 5.05. The van der Waals surface area contributed by atoms with Gasteiger partial charge in [-0.2, -0.15) is 0 Å². The molecular formula is C8H13NO2. The van der Waals surface area contributed by atoms with Crippen molar-refractivity contribution in [3.8, 4) is 0 Å². The zero-order valence-electron chi connectivity index (χ0n) is 7.09. The van der Waals surface area contributed by atoms with Crippen molar-refractivity contribution >= 4 is 0 Å². The van der Waals surface area contributed by atoms with E-state index in [2.05, 4.69) is 5.16 Å². The number of aryl methyl sites for hydroxylation is 1. The molecule has 0 bridgehead atoms. The van der Waals surface area contributed by atoms with Gasteiger partial charge >= 0.3 is 0 Å². The maximum atomic E-state index is 9.40. The van der Waals surface area contributed by atoms with E-state index in [1.807, 2.05) is 13.0 Å². The lowest BCUT2D eigenvalue weighted by atomic mass is 10.0. The van der Waals surface area contributed by atoms with Crippen molar-refractivity contribution in [3.05, 3.63) is 17.5 Å². The highest BCUT2D eigenvalue weighted by Gasteiger charge is 2.15. The van der Waals surface area contributed by atoms with Gasteiger partial charge in [0.25, 0.3) is 0 Å². The van der Waals surface area contributed by atoms with Crippen molar-refractivity contribution in [2.24, 2.45) is 0 Å². The Hall–Kier alpha value is -0.830. The average Bonchev–Trinajstić information content (AvgIpc) is 2.10. The molecule has 0 saturated carbocycles. The predicted octanol–water partition coefficient (Wildman–Crippen LogP) is 1.30. The molecule has 1 aromatic heterocycles. The summed E-state index contributed by atoms with van der Waals surface area (Å²) in [6.45, 7) is 5.33. The molecule has 11 heavy (non-hydrogen) atoms. The fourth-order valence-electron chi connectivity index (χ4n) is 0.945. The molecule has 0 atom stereocenters. The van der Waals surface area contributed by atoms with Crippen LogP contribution in [0.2, 0.25) is 0 Å². The number of aromatic nitrogens is 1. The second kappa shape index (κ2) is 2.66. The van der Waals surface area contributed by atoms with Crippen molar-refractivity contribution in [2.45, 2.75) is 32.8 Å². The first-order valence-electron chi connectivity index (χ1n) is 3.62. The molecule has 0 unspecified atom stereocenters. The highest BCUT2D eigenvalue weighted by Crippen LogP contribution is 2.11. The molecule has 0 spiro atoms. The van der Waals surface area contributed by atoms with E-state index in [1.165, 1.54) is 0 Å². The van der Waals surface area contributed by atoms with E-state index >= 15 is 0 Å². The van der Waals surface area contributed by atoms with Gasteiger partial charge in [-0.05, 0) is 20.8 Å². The Labute approximate surface area is 66.0 Å². The minimum Gasteiger partial charge on any atom is -0.390 e. The van der Waals surface area contributed by atoms with Crippen LogP contribution in [0.25, 0.3) is 0 Å². The van der Waals surface area contributed by atoms with E-state index in [1.54, 1.807) is 13.8 Å². The lowest BCUT2D eigenvalue weighted by Crippen LogP contribution is -2.21. The summed E-state index contributed by atoms with van der Waals surface area (Å²) in [4.78, 5) is 0. The zero-order chi connectivity index (χ0) is 8.48. The summed E-state index contributed by atoms with van der Waals surface area (Å²) in [7, 11) is 0. The SMILES string of the molecule is Cc1cc(CC(C)(C)O)no1. The third kappa shape index (κ3) is 2.72. The topological polar surface area (TPSA) is 46.3 Å². The van der Waals surface area contributed by atoms with Crippen LogP contribution in [0.4, 0.5) is 0 Å². The van der Waals surface area contributed by atoms with Gasteiger partial charge < -0.3 is 9.63 Å². The molecule has 0 aliphatic heterocycles. The summed E-state index contributed by atoms with van der Waals surface area (Å²) in [6, 6.07) is 1.83. The molecule has 0 aliphatic rings. The van der Waals surface area contributed by atoms with Gasteiger partial charge in [0.15, 0.2) is 0 Å². The molecule has 0 saturated heterocycles. The van der Waals surface area contributed by atoms with Crippen LogP contribution in [-0.4, -0.2) is 15.9 Å². The Morgan fingerprint density at radius 3 is 2.64 bits per heavy atom. The fraction of sp³-hybridized carbons (Fsp3) is 0.625. The smallest absolute Gasteiger partial charge is 0.133 e. The number of aliphatic hydroxyl groups is 1. The van der Waals surface area contributed by atoms with Crippen molar-refractivity contribution < 1.29 is 9.63 Å². The van der Waals surface area contributed by atoms with Crippen LogP contribution in [-0.2, 0) is 6.42 Å². The summed E-state index contributed by atoms with van der Waals surface area (Å²) in [6.07, 6.45) is 0.532. The number of nitrogens with zero attached hydrogens (tertiary/aromatic N) is 1. The maximum absolute atomic E-state index is 9.40. The van der Waals surface area contributed by atoms with E-state index in [4.69, 9.17) is 4.52 Å². The van der Waals surface area contributed by atoms with E-state index in [-0.39, 0.29) is 0 Å². The third-order valence-electron chi connectivity index (χ3n) is 1.29. The minimum atomic E-state index is -0.705. The van der Waals surface area contributed by atoms with Gasteiger partial charge in [0, 0.05) is 12.5 Å². The van der Waals surface area contributed by atoms with Crippen LogP contribution in [0.15, 0.2) is 10.6 Å². The first-order valence-corrected chi connectivity index (χ1v) is 3.62. The van der Waals surface area contributed by atoms with E-state index in [0.717, 1.165) is 11.5 Å². The molecule has 1 aromatic rings. The van der Waals surface area contributed by atoms with Crippen LogP contribution in [0.3, 0.4) is 0 Å². The molecular weight excluding hydrogens is 142 g/mol.